The van der Waals surface area contributed by atoms with E-state index in [0.29, 0.717) is 19.0 Å². The third kappa shape index (κ3) is 1.89. The van der Waals surface area contributed by atoms with Crippen LogP contribution < -0.4 is 0 Å². The molecule has 5 nitrogen and oxygen atoms in total. The quantitative estimate of drug-likeness (QED) is 0.844. The van der Waals surface area contributed by atoms with Gasteiger partial charge in [0.2, 0.25) is 0 Å². The Kier molecular flexibility index (Phi) is 2.34. The highest BCUT2D eigenvalue weighted by atomic mass is 35.5. The summed E-state index contributed by atoms with van der Waals surface area (Å²) in [5.41, 5.74) is -0.387. The molecule has 1 aromatic rings. The van der Waals surface area contributed by atoms with Crippen molar-refractivity contribution in [2.45, 2.75) is 18.4 Å². The van der Waals surface area contributed by atoms with Gasteiger partial charge in [0.1, 0.15) is 5.60 Å². The van der Waals surface area contributed by atoms with Gasteiger partial charge in [-0.15, -0.1) is 10.2 Å². The minimum absolute atomic E-state index is 0.195. The number of rotatable bonds is 2. The summed E-state index contributed by atoms with van der Waals surface area (Å²) in [5.74, 6) is 0.183. The van der Waals surface area contributed by atoms with Crippen LogP contribution in [0.5, 0.6) is 0 Å². The van der Waals surface area contributed by atoms with Crippen molar-refractivity contribution in [1.29, 1.82) is 0 Å². The Morgan fingerprint density at radius 1 is 1.41 bits per heavy atom. The highest BCUT2D eigenvalue weighted by Gasteiger charge is 2.53. The van der Waals surface area contributed by atoms with Crippen molar-refractivity contribution in [2.24, 2.45) is 5.92 Å². The van der Waals surface area contributed by atoms with Crippen LogP contribution in [0.1, 0.15) is 23.3 Å². The number of likely N-dealkylation sites (tertiary alicyclic amines) is 1. The highest BCUT2D eigenvalue weighted by molar-refractivity contribution is 6.29. The minimum Gasteiger partial charge on any atom is -0.386 e. The first-order valence-electron chi connectivity index (χ1n) is 5.59. The molecular weight excluding hydrogens is 242 g/mol. The van der Waals surface area contributed by atoms with E-state index >= 15 is 0 Å². The van der Waals surface area contributed by atoms with Crippen molar-refractivity contribution in [1.82, 2.24) is 15.1 Å². The van der Waals surface area contributed by atoms with Gasteiger partial charge >= 0.3 is 0 Å². The molecule has 0 radical (unpaired) electrons. The Bertz CT molecular complexity index is 452. The average Bonchev–Trinajstić information content (AvgIpc) is 3.09. The monoisotopic (exact) mass is 253 g/mol. The normalized spacial score (nSPS) is 22.1. The SMILES string of the molecule is O=C(c1ccc(Cl)nn1)N1CC(O)(C2CC2)C1. The molecular formula is C11H12ClN3O2. The van der Waals surface area contributed by atoms with Crippen LogP contribution in [0.15, 0.2) is 12.1 Å². The van der Waals surface area contributed by atoms with Crippen LogP contribution in [0.3, 0.4) is 0 Å². The number of aromatic nitrogens is 2. The number of amides is 1. The van der Waals surface area contributed by atoms with Crippen LogP contribution in [0.2, 0.25) is 5.15 Å². The first kappa shape index (κ1) is 10.9. The fraction of sp³-hybridized carbons (Fsp3) is 0.545. The molecule has 0 spiro atoms. The van der Waals surface area contributed by atoms with E-state index in [2.05, 4.69) is 10.2 Å². The zero-order valence-corrected chi connectivity index (χ0v) is 9.89. The van der Waals surface area contributed by atoms with E-state index in [1.54, 1.807) is 11.0 Å². The lowest BCUT2D eigenvalue weighted by molar-refractivity contribution is -0.0959. The van der Waals surface area contributed by atoms with Crippen LogP contribution in [-0.2, 0) is 0 Å². The van der Waals surface area contributed by atoms with Gasteiger partial charge in [-0.1, -0.05) is 11.6 Å². The smallest absolute Gasteiger partial charge is 0.274 e. The number of β-amino-alcohol motifs (C(OH)–C–C–N with tert-alkyl or cyclic N) is 1. The predicted octanol–water partition coefficient (Wildman–Crippen LogP) is 0.727. The van der Waals surface area contributed by atoms with E-state index in [1.807, 2.05) is 0 Å². The van der Waals surface area contributed by atoms with Crippen molar-refractivity contribution >= 4 is 17.5 Å². The molecule has 1 aromatic heterocycles. The summed E-state index contributed by atoms with van der Waals surface area (Å²) < 4.78 is 0. The van der Waals surface area contributed by atoms with Crippen LogP contribution in [-0.4, -0.2) is 44.8 Å². The van der Waals surface area contributed by atoms with E-state index in [9.17, 15) is 9.90 Å². The van der Waals surface area contributed by atoms with Crippen LogP contribution in [0.25, 0.3) is 0 Å². The molecule has 0 unspecified atom stereocenters. The molecule has 17 heavy (non-hydrogen) atoms. The molecule has 2 heterocycles. The fourth-order valence-electron chi connectivity index (χ4n) is 2.23. The summed E-state index contributed by atoms with van der Waals surface area (Å²) in [6.07, 6.45) is 2.14. The van der Waals surface area contributed by atoms with E-state index in [1.165, 1.54) is 6.07 Å². The molecule has 1 saturated carbocycles. The lowest BCUT2D eigenvalue weighted by Crippen LogP contribution is -2.64. The third-order valence-electron chi connectivity index (χ3n) is 3.40. The summed E-state index contributed by atoms with van der Waals surface area (Å²) in [6, 6.07) is 3.08. The molecule has 1 N–H and O–H groups in total. The fourth-order valence-corrected chi connectivity index (χ4v) is 2.33. The second-order valence-corrected chi connectivity index (χ2v) is 5.17. The van der Waals surface area contributed by atoms with Crippen molar-refractivity contribution in [3.05, 3.63) is 23.0 Å². The van der Waals surface area contributed by atoms with Crippen LogP contribution in [0, 0.1) is 5.92 Å². The molecule has 6 heteroatoms. The molecule has 1 aliphatic carbocycles. The van der Waals surface area contributed by atoms with E-state index < -0.39 is 5.60 Å². The Morgan fingerprint density at radius 2 is 2.12 bits per heavy atom. The summed E-state index contributed by atoms with van der Waals surface area (Å²) in [6.45, 7) is 0.807. The van der Waals surface area contributed by atoms with Gasteiger partial charge in [0.25, 0.3) is 5.91 Å². The van der Waals surface area contributed by atoms with Gasteiger partial charge < -0.3 is 10.0 Å². The molecule has 0 atom stereocenters. The molecule has 3 rings (SSSR count). The largest absolute Gasteiger partial charge is 0.386 e. The van der Waals surface area contributed by atoms with Crippen LogP contribution in [0.4, 0.5) is 0 Å². The lowest BCUT2D eigenvalue weighted by Gasteiger charge is -2.46. The minimum atomic E-state index is -0.657. The molecule has 2 fully saturated rings. The molecule has 1 saturated heterocycles. The van der Waals surface area contributed by atoms with Gasteiger partial charge in [0, 0.05) is 0 Å². The van der Waals surface area contributed by atoms with Crippen molar-refractivity contribution in [2.75, 3.05) is 13.1 Å². The zero-order valence-electron chi connectivity index (χ0n) is 9.14. The number of aliphatic hydroxyl groups is 1. The summed E-state index contributed by atoms with van der Waals surface area (Å²) >= 11 is 5.60. The summed E-state index contributed by atoms with van der Waals surface area (Å²) in [7, 11) is 0. The molecule has 2 aliphatic rings. The Balaban J connectivity index is 1.66. The first-order chi connectivity index (χ1) is 8.08. The van der Waals surface area contributed by atoms with E-state index in [0.717, 1.165) is 12.8 Å². The average molecular weight is 254 g/mol. The predicted molar refractivity (Wildman–Crippen MR) is 60.6 cm³/mol. The van der Waals surface area contributed by atoms with Gasteiger partial charge in [-0.25, -0.2) is 0 Å². The molecule has 1 aliphatic heterocycles. The van der Waals surface area contributed by atoms with Gasteiger partial charge in [0.05, 0.1) is 13.1 Å². The molecule has 1 amide bonds. The molecule has 90 valence electrons. The van der Waals surface area contributed by atoms with Gasteiger partial charge in [-0.05, 0) is 30.9 Å². The summed E-state index contributed by atoms with van der Waals surface area (Å²) in [5, 5.41) is 17.7. The maximum Gasteiger partial charge on any atom is 0.274 e. The Morgan fingerprint density at radius 3 is 2.65 bits per heavy atom. The van der Waals surface area contributed by atoms with Gasteiger partial charge in [0.15, 0.2) is 10.8 Å². The van der Waals surface area contributed by atoms with Crippen molar-refractivity contribution < 1.29 is 9.90 Å². The second-order valence-electron chi connectivity index (χ2n) is 4.78. The maximum atomic E-state index is 11.9. The number of hydrogen-bond donors (Lipinski definition) is 1. The Labute approximate surface area is 103 Å². The van der Waals surface area contributed by atoms with Crippen molar-refractivity contribution in [3.8, 4) is 0 Å². The highest BCUT2D eigenvalue weighted by Crippen LogP contribution is 2.44. The standard InChI is InChI=1S/C11H12ClN3O2/c12-9-4-3-8(13-14-9)10(16)15-5-11(17,6-15)7-1-2-7/h3-4,7,17H,1-2,5-6H2. The number of nitrogens with zero attached hydrogens (tertiary/aromatic N) is 3. The summed E-state index contributed by atoms with van der Waals surface area (Å²) in [4.78, 5) is 13.5. The van der Waals surface area contributed by atoms with Crippen molar-refractivity contribution in [3.63, 3.8) is 0 Å². The topological polar surface area (TPSA) is 66.3 Å². The third-order valence-corrected chi connectivity index (χ3v) is 3.61. The number of carbonyl (C=O) groups is 1. The van der Waals surface area contributed by atoms with E-state index in [-0.39, 0.29) is 16.8 Å². The Hall–Kier alpha value is -1.20. The number of hydrogen-bond acceptors (Lipinski definition) is 4. The second kappa shape index (κ2) is 3.65. The first-order valence-corrected chi connectivity index (χ1v) is 5.97. The van der Waals surface area contributed by atoms with Crippen LogP contribution >= 0.6 is 11.6 Å². The van der Waals surface area contributed by atoms with E-state index in [4.69, 9.17) is 11.6 Å². The number of carbonyl (C=O) groups excluding carboxylic acids is 1. The van der Waals surface area contributed by atoms with Gasteiger partial charge in [-0.2, -0.15) is 0 Å². The molecule has 0 bridgehead atoms. The molecule has 0 aromatic carbocycles. The maximum absolute atomic E-state index is 11.9. The van der Waals surface area contributed by atoms with Gasteiger partial charge in [-0.3, -0.25) is 4.79 Å². The zero-order chi connectivity index (χ0) is 12.0. The lowest BCUT2D eigenvalue weighted by atomic mass is 9.88. The number of halogens is 1.